The molecule has 1 fully saturated rings. The Morgan fingerprint density at radius 2 is 1.94 bits per heavy atom. The molecular formula is C13H14N2O3. The van der Waals surface area contributed by atoms with E-state index in [2.05, 4.69) is 5.32 Å². The molecule has 0 saturated carbocycles. The lowest BCUT2D eigenvalue weighted by Crippen LogP contribution is -2.48. The lowest BCUT2D eigenvalue weighted by atomic mass is 9.93. The number of hydrogen-bond donors (Lipinski definition) is 1. The molecule has 1 N–H and O–H groups in total. The van der Waals surface area contributed by atoms with Gasteiger partial charge in [0.25, 0.3) is 5.91 Å². The number of urea groups is 1. The second-order valence-electron chi connectivity index (χ2n) is 4.37. The summed E-state index contributed by atoms with van der Waals surface area (Å²) < 4.78 is 0. The Labute approximate surface area is 105 Å². The molecule has 1 unspecified atom stereocenters. The monoisotopic (exact) mass is 246 g/mol. The number of nitrogens with one attached hydrogen (secondary N) is 1. The van der Waals surface area contributed by atoms with Crippen molar-refractivity contribution in [3.8, 4) is 0 Å². The SMILES string of the molecule is CN1C(=O)NC(C=O)(CCc2ccccc2)C1=O. The van der Waals surface area contributed by atoms with Crippen molar-refractivity contribution < 1.29 is 14.4 Å². The Morgan fingerprint density at radius 1 is 1.28 bits per heavy atom. The Hall–Kier alpha value is -2.17. The van der Waals surface area contributed by atoms with Gasteiger partial charge in [0.15, 0.2) is 11.8 Å². The fraction of sp³-hybridized carbons (Fsp3) is 0.308. The molecule has 18 heavy (non-hydrogen) atoms. The molecule has 1 aromatic rings. The summed E-state index contributed by atoms with van der Waals surface area (Å²) in [5, 5.41) is 2.46. The van der Waals surface area contributed by atoms with E-state index >= 15 is 0 Å². The Balaban J connectivity index is 2.13. The zero-order chi connectivity index (χ0) is 13.2. The second kappa shape index (κ2) is 4.60. The van der Waals surface area contributed by atoms with E-state index < -0.39 is 17.5 Å². The molecule has 0 radical (unpaired) electrons. The molecule has 1 aromatic carbocycles. The topological polar surface area (TPSA) is 66.5 Å². The van der Waals surface area contributed by atoms with E-state index in [1.807, 2.05) is 30.3 Å². The van der Waals surface area contributed by atoms with Gasteiger partial charge >= 0.3 is 6.03 Å². The van der Waals surface area contributed by atoms with Crippen LogP contribution >= 0.6 is 0 Å². The summed E-state index contributed by atoms with van der Waals surface area (Å²) in [6, 6.07) is 9.00. The quantitative estimate of drug-likeness (QED) is 0.484. The molecule has 1 saturated heterocycles. The predicted octanol–water partition coefficient (Wildman–Crippen LogP) is 0.738. The number of likely N-dealkylation sites (N-methyl/N-ethyl adjacent to an activating group) is 1. The van der Waals surface area contributed by atoms with Gasteiger partial charge in [-0.3, -0.25) is 9.69 Å². The standard InChI is InChI=1S/C13H14N2O3/c1-15-11(17)13(9-16,14-12(15)18)8-7-10-5-3-2-4-6-10/h2-6,9H,7-8H2,1H3,(H,14,18). The molecule has 1 atom stereocenters. The highest BCUT2D eigenvalue weighted by molar-refractivity contribution is 6.15. The number of amides is 3. The van der Waals surface area contributed by atoms with Gasteiger partial charge in [0.2, 0.25) is 0 Å². The van der Waals surface area contributed by atoms with Crippen LogP contribution in [0, 0.1) is 0 Å². The van der Waals surface area contributed by atoms with Crippen molar-refractivity contribution in [3.05, 3.63) is 35.9 Å². The normalized spacial score (nSPS) is 23.1. The van der Waals surface area contributed by atoms with Gasteiger partial charge in [-0.1, -0.05) is 30.3 Å². The summed E-state index contributed by atoms with van der Waals surface area (Å²) in [6.07, 6.45) is 1.36. The van der Waals surface area contributed by atoms with Crippen LogP contribution < -0.4 is 5.32 Å². The van der Waals surface area contributed by atoms with Crippen LogP contribution in [0.1, 0.15) is 12.0 Å². The highest BCUT2D eigenvalue weighted by Gasteiger charge is 2.49. The number of aldehydes is 1. The van der Waals surface area contributed by atoms with E-state index in [9.17, 15) is 14.4 Å². The number of imide groups is 1. The smallest absolute Gasteiger partial charge is 0.317 e. The van der Waals surface area contributed by atoms with Crippen molar-refractivity contribution in [2.75, 3.05) is 7.05 Å². The summed E-state index contributed by atoms with van der Waals surface area (Å²) in [7, 11) is 1.37. The first-order chi connectivity index (χ1) is 8.59. The molecule has 0 bridgehead atoms. The minimum Gasteiger partial charge on any atom is -0.317 e. The third-order valence-corrected chi connectivity index (χ3v) is 3.17. The molecule has 2 rings (SSSR count). The number of nitrogens with zero attached hydrogens (tertiary/aromatic N) is 1. The van der Waals surface area contributed by atoms with Crippen LogP contribution in [0.3, 0.4) is 0 Å². The average Bonchev–Trinajstić information content (AvgIpc) is 2.63. The number of carbonyl (C=O) groups is 3. The number of hydrogen-bond acceptors (Lipinski definition) is 3. The van der Waals surface area contributed by atoms with Gasteiger partial charge in [0, 0.05) is 7.05 Å². The maximum Gasteiger partial charge on any atom is 0.325 e. The largest absolute Gasteiger partial charge is 0.325 e. The van der Waals surface area contributed by atoms with Gasteiger partial charge in [-0.25, -0.2) is 4.79 Å². The van der Waals surface area contributed by atoms with Crippen molar-refractivity contribution in [3.63, 3.8) is 0 Å². The summed E-state index contributed by atoms with van der Waals surface area (Å²) >= 11 is 0. The Morgan fingerprint density at radius 3 is 2.44 bits per heavy atom. The molecule has 1 aliphatic heterocycles. The summed E-state index contributed by atoms with van der Waals surface area (Å²) in [5.74, 6) is -0.488. The van der Waals surface area contributed by atoms with Crippen molar-refractivity contribution >= 4 is 18.2 Å². The predicted molar refractivity (Wildman–Crippen MR) is 64.9 cm³/mol. The number of rotatable bonds is 4. The fourth-order valence-electron chi connectivity index (χ4n) is 2.01. The minimum absolute atomic E-state index is 0.273. The first-order valence-corrected chi connectivity index (χ1v) is 5.69. The molecule has 0 spiro atoms. The van der Waals surface area contributed by atoms with Gasteiger partial charge in [0.05, 0.1) is 0 Å². The van der Waals surface area contributed by atoms with Crippen LogP contribution in [0.4, 0.5) is 4.79 Å². The average molecular weight is 246 g/mol. The zero-order valence-electron chi connectivity index (χ0n) is 10.1. The van der Waals surface area contributed by atoms with Crippen LogP contribution in [0.25, 0.3) is 0 Å². The zero-order valence-corrected chi connectivity index (χ0v) is 10.1. The van der Waals surface area contributed by atoms with Crippen LogP contribution in [-0.4, -0.2) is 35.7 Å². The Bertz CT molecular complexity index is 486. The molecule has 94 valence electrons. The number of aryl methyl sites for hydroxylation is 1. The third kappa shape index (κ3) is 1.99. The Kier molecular flexibility index (Phi) is 3.14. The lowest BCUT2D eigenvalue weighted by Gasteiger charge is -2.19. The van der Waals surface area contributed by atoms with E-state index in [4.69, 9.17) is 0 Å². The van der Waals surface area contributed by atoms with Crippen molar-refractivity contribution in [2.45, 2.75) is 18.4 Å². The molecule has 5 nitrogen and oxygen atoms in total. The maximum atomic E-state index is 11.9. The van der Waals surface area contributed by atoms with Crippen LogP contribution in [-0.2, 0) is 16.0 Å². The molecule has 0 aromatic heterocycles. The summed E-state index contributed by atoms with van der Waals surface area (Å²) in [6.45, 7) is 0. The van der Waals surface area contributed by atoms with E-state index in [1.165, 1.54) is 7.05 Å². The molecule has 1 heterocycles. The van der Waals surface area contributed by atoms with E-state index in [0.717, 1.165) is 10.5 Å². The van der Waals surface area contributed by atoms with E-state index in [1.54, 1.807) is 0 Å². The number of benzene rings is 1. The third-order valence-electron chi connectivity index (χ3n) is 3.17. The van der Waals surface area contributed by atoms with Crippen molar-refractivity contribution in [2.24, 2.45) is 0 Å². The van der Waals surface area contributed by atoms with E-state index in [0.29, 0.717) is 12.7 Å². The molecule has 3 amide bonds. The molecule has 1 aliphatic rings. The summed E-state index contributed by atoms with van der Waals surface area (Å²) in [4.78, 5) is 35.4. The highest BCUT2D eigenvalue weighted by atomic mass is 16.2. The molecular weight excluding hydrogens is 232 g/mol. The van der Waals surface area contributed by atoms with Gasteiger partial charge in [-0.2, -0.15) is 0 Å². The van der Waals surface area contributed by atoms with E-state index in [-0.39, 0.29) is 6.42 Å². The first-order valence-electron chi connectivity index (χ1n) is 5.69. The molecule has 0 aliphatic carbocycles. The summed E-state index contributed by atoms with van der Waals surface area (Å²) in [5.41, 5.74) is -0.378. The van der Waals surface area contributed by atoms with Gasteiger partial charge in [-0.05, 0) is 18.4 Å². The second-order valence-corrected chi connectivity index (χ2v) is 4.37. The van der Waals surface area contributed by atoms with Crippen LogP contribution in [0.2, 0.25) is 0 Å². The molecule has 5 heteroatoms. The van der Waals surface area contributed by atoms with Gasteiger partial charge < -0.3 is 10.1 Å². The van der Waals surface area contributed by atoms with Gasteiger partial charge in [-0.15, -0.1) is 0 Å². The van der Waals surface area contributed by atoms with Gasteiger partial charge in [0.1, 0.15) is 0 Å². The number of carbonyl (C=O) groups excluding carboxylic acids is 3. The minimum atomic E-state index is -1.40. The fourth-order valence-corrected chi connectivity index (χ4v) is 2.01. The lowest BCUT2D eigenvalue weighted by molar-refractivity contribution is -0.134. The first kappa shape index (κ1) is 12.3. The van der Waals surface area contributed by atoms with Crippen molar-refractivity contribution in [1.29, 1.82) is 0 Å². The van der Waals surface area contributed by atoms with Crippen molar-refractivity contribution in [1.82, 2.24) is 10.2 Å². The highest BCUT2D eigenvalue weighted by Crippen LogP contribution is 2.20. The maximum absolute atomic E-state index is 11.9. The van der Waals surface area contributed by atoms with Crippen LogP contribution in [0.15, 0.2) is 30.3 Å². The van der Waals surface area contributed by atoms with Crippen LogP contribution in [0.5, 0.6) is 0 Å².